The topological polar surface area (TPSA) is 39.1 Å². The number of rotatable bonds is 2. The third kappa shape index (κ3) is 2.63. The lowest BCUT2D eigenvalue weighted by atomic mass is 9.94. The van der Waals surface area contributed by atoms with Crippen molar-refractivity contribution >= 4 is 17.4 Å². The Bertz CT molecular complexity index is 782. The number of carbonyl (C=O) groups excluding carboxylic acids is 1. The van der Waals surface area contributed by atoms with E-state index in [2.05, 4.69) is 0 Å². The van der Waals surface area contributed by atoms with E-state index in [9.17, 15) is 14.0 Å². The summed E-state index contributed by atoms with van der Waals surface area (Å²) in [5.41, 5.74) is 1.81. The molecule has 21 heavy (non-hydrogen) atoms. The van der Waals surface area contributed by atoms with Crippen molar-refractivity contribution in [2.75, 3.05) is 0 Å². The van der Waals surface area contributed by atoms with E-state index in [1.165, 1.54) is 18.2 Å². The van der Waals surface area contributed by atoms with E-state index in [1.807, 2.05) is 0 Å². The number of Topliss-reactive ketones (excluding diaryl/α,β-unsaturated/α-hetero) is 1. The van der Waals surface area contributed by atoms with Crippen LogP contribution in [0.3, 0.4) is 0 Å². The van der Waals surface area contributed by atoms with Crippen LogP contribution in [0.2, 0.25) is 5.02 Å². The van der Waals surface area contributed by atoms with Gasteiger partial charge in [-0.1, -0.05) is 17.7 Å². The number of hydrogen-bond acceptors (Lipinski definition) is 2. The summed E-state index contributed by atoms with van der Waals surface area (Å²) in [4.78, 5) is 24.0. The second-order valence-electron chi connectivity index (χ2n) is 5.14. The van der Waals surface area contributed by atoms with E-state index in [4.69, 9.17) is 11.6 Å². The lowest BCUT2D eigenvalue weighted by Crippen LogP contribution is -2.28. The molecule has 1 aliphatic rings. The van der Waals surface area contributed by atoms with Crippen LogP contribution in [0.25, 0.3) is 0 Å². The maximum atomic E-state index is 13.5. The highest BCUT2D eigenvalue weighted by atomic mass is 35.5. The van der Waals surface area contributed by atoms with Gasteiger partial charge in [-0.15, -0.1) is 0 Å². The molecule has 1 heterocycles. The molecule has 1 aromatic carbocycles. The molecule has 0 radical (unpaired) electrons. The lowest BCUT2D eigenvalue weighted by Gasteiger charge is -2.20. The van der Waals surface area contributed by atoms with Crippen LogP contribution in [0.15, 0.2) is 35.1 Å². The van der Waals surface area contributed by atoms with E-state index in [-0.39, 0.29) is 22.9 Å². The van der Waals surface area contributed by atoms with Crippen molar-refractivity contribution in [1.82, 2.24) is 4.57 Å². The average molecular weight is 306 g/mol. The molecule has 0 aliphatic heterocycles. The highest BCUT2D eigenvalue weighted by Crippen LogP contribution is 2.21. The minimum atomic E-state index is -0.511. The minimum absolute atomic E-state index is 0.0522. The van der Waals surface area contributed by atoms with Gasteiger partial charge in [0.15, 0.2) is 5.78 Å². The molecule has 0 atom stereocenters. The highest BCUT2D eigenvalue weighted by molar-refractivity contribution is 6.30. The lowest BCUT2D eigenvalue weighted by molar-refractivity contribution is 0.0970. The maximum Gasteiger partial charge on any atom is 0.251 e. The molecule has 0 amide bonds. The molecule has 0 saturated carbocycles. The second-order valence-corrected chi connectivity index (χ2v) is 5.55. The van der Waals surface area contributed by atoms with Crippen molar-refractivity contribution in [1.29, 1.82) is 0 Å². The van der Waals surface area contributed by atoms with Gasteiger partial charge in [0.2, 0.25) is 0 Å². The van der Waals surface area contributed by atoms with Gasteiger partial charge in [0, 0.05) is 23.7 Å². The summed E-state index contributed by atoms with van der Waals surface area (Å²) < 4.78 is 15.1. The van der Waals surface area contributed by atoms with Crippen LogP contribution in [0.4, 0.5) is 4.39 Å². The molecule has 2 aromatic rings. The third-order valence-electron chi connectivity index (χ3n) is 3.74. The average Bonchev–Trinajstić information content (AvgIpc) is 2.46. The van der Waals surface area contributed by atoms with Crippen LogP contribution in [0, 0.1) is 5.82 Å². The standard InChI is InChI=1S/C16H13ClFNO2/c17-12-6-4-10(8-13(12)18)9-19-14-2-1-3-15(20)11(14)5-7-16(19)21/h4-8H,1-3,9H2. The zero-order chi connectivity index (χ0) is 15.0. The maximum absolute atomic E-state index is 13.5. The van der Waals surface area contributed by atoms with Gasteiger partial charge in [-0.2, -0.15) is 0 Å². The van der Waals surface area contributed by atoms with E-state index >= 15 is 0 Å². The number of fused-ring (bicyclic) bond motifs is 1. The van der Waals surface area contributed by atoms with Gasteiger partial charge < -0.3 is 4.57 Å². The molecule has 108 valence electrons. The van der Waals surface area contributed by atoms with Crippen molar-refractivity contribution in [3.8, 4) is 0 Å². The summed E-state index contributed by atoms with van der Waals surface area (Å²) in [5, 5.41) is 0.0522. The Labute approximate surface area is 126 Å². The number of halogens is 2. The molecule has 3 rings (SSSR count). The molecular weight excluding hydrogens is 293 g/mol. The van der Waals surface area contributed by atoms with E-state index in [1.54, 1.807) is 16.7 Å². The van der Waals surface area contributed by atoms with Gasteiger partial charge in [0.25, 0.3) is 5.56 Å². The molecule has 0 spiro atoms. The first-order valence-corrected chi connectivity index (χ1v) is 7.14. The van der Waals surface area contributed by atoms with Crippen LogP contribution >= 0.6 is 11.6 Å². The van der Waals surface area contributed by atoms with E-state index < -0.39 is 5.82 Å². The first-order chi connectivity index (χ1) is 10.1. The fourth-order valence-electron chi connectivity index (χ4n) is 2.69. The second kappa shape index (κ2) is 5.45. The third-order valence-corrected chi connectivity index (χ3v) is 4.04. The number of aromatic nitrogens is 1. The van der Waals surface area contributed by atoms with Gasteiger partial charge in [0.1, 0.15) is 5.82 Å². The van der Waals surface area contributed by atoms with Crippen LogP contribution in [-0.4, -0.2) is 10.4 Å². The van der Waals surface area contributed by atoms with Crippen molar-refractivity contribution in [2.45, 2.75) is 25.8 Å². The number of carbonyl (C=O) groups is 1. The highest BCUT2D eigenvalue weighted by Gasteiger charge is 2.20. The summed E-state index contributed by atoms with van der Waals surface area (Å²) >= 11 is 5.66. The Morgan fingerprint density at radius 3 is 2.71 bits per heavy atom. The normalized spacial score (nSPS) is 14.1. The Morgan fingerprint density at radius 2 is 1.95 bits per heavy atom. The molecular formula is C16H13ClFNO2. The molecule has 0 fully saturated rings. The summed E-state index contributed by atoms with van der Waals surface area (Å²) in [7, 11) is 0. The van der Waals surface area contributed by atoms with Crippen molar-refractivity contribution < 1.29 is 9.18 Å². The predicted octanol–water partition coefficient (Wildman–Crippen LogP) is 3.21. The van der Waals surface area contributed by atoms with Gasteiger partial charge >= 0.3 is 0 Å². The van der Waals surface area contributed by atoms with Gasteiger partial charge in [0.05, 0.1) is 11.6 Å². The molecule has 1 aliphatic carbocycles. The van der Waals surface area contributed by atoms with Crippen LogP contribution < -0.4 is 5.56 Å². The van der Waals surface area contributed by atoms with Crippen molar-refractivity contribution in [3.05, 3.63) is 68.3 Å². The molecule has 0 bridgehead atoms. The summed E-state index contributed by atoms with van der Waals surface area (Å²) in [6.45, 7) is 0.239. The minimum Gasteiger partial charge on any atom is -0.308 e. The SMILES string of the molecule is O=C1CCCc2c1ccc(=O)n2Cc1ccc(Cl)c(F)c1. The van der Waals surface area contributed by atoms with Crippen LogP contribution in [-0.2, 0) is 13.0 Å². The van der Waals surface area contributed by atoms with Crippen molar-refractivity contribution in [3.63, 3.8) is 0 Å². The molecule has 1 aromatic heterocycles. The fourth-order valence-corrected chi connectivity index (χ4v) is 2.81. The number of hydrogen-bond donors (Lipinski definition) is 0. The molecule has 5 heteroatoms. The number of pyridine rings is 1. The molecule has 3 nitrogen and oxygen atoms in total. The zero-order valence-corrected chi connectivity index (χ0v) is 12.0. The summed E-state index contributed by atoms with van der Waals surface area (Å²) in [5.74, 6) is -0.449. The number of benzene rings is 1. The quantitative estimate of drug-likeness (QED) is 0.854. The van der Waals surface area contributed by atoms with E-state index in [0.717, 1.165) is 12.1 Å². The molecule has 0 unspecified atom stereocenters. The van der Waals surface area contributed by atoms with Crippen molar-refractivity contribution in [2.24, 2.45) is 0 Å². The van der Waals surface area contributed by atoms with Gasteiger partial charge in [-0.05, 0) is 36.6 Å². The summed E-state index contributed by atoms with van der Waals surface area (Å²) in [6.07, 6.45) is 1.94. The van der Waals surface area contributed by atoms with Crippen LogP contribution in [0.5, 0.6) is 0 Å². The monoisotopic (exact) mass is 305 g/mol. The molecule has 0 N–H and O–H groups in total. The van der Waals surface area contributed by atoms with Crippen LogP contribution in [0.1, 0.15) is 34.5 Å². The Hall–Kier alpha value is -1.94. The van der Waals surface area contributed by atoms with Gasteiger partial charge in [-0.3, -0.25) is 9.59 Å². The van der Waals surface area contributed by atoms with E-state index in [0.29, 0.717) is 24.0 Å². The summed E-state index contributed by atoms with van der Waals surface area (Å²) in [6, 6.07) is 7.46. The smallest absolute Gasteiger partial charge is 0.251 e. The number of ketones is 1. The van der Waals surface area contributed by atoms with Gasteiger partial charge in [-0.25, -0.2) is 4.39 Å². The number of nitrogens with zero attached hydrogens (tertiary/aromatic N) is 1. The zero-order valence-electron chi connectivity index (χ0n) is 11.2. The molecule has 0 saturated heterocycles. The first-order valence-electron chi connectivity index (χ1n) is 6.76. The first kappa shape index (κ1) is 14.0. The fraction of sp³-hybridized carbons (Fsp3) is 0.250. The Balaban J connectivity index is 2.06. The Morgan fingerprint density at radius 1 is 1.14 bits per heavy atom. The Kier molecular flexibility index (Phi) is 3.64. The predicted molar refractivity (Wildman–Crippen MR) is 78.5 cm³/mol. The largest absolute Gasteiger partial charge is 0.308 e.